The third-order valence-corrected chi connectivity index (χ3v) is 6.97. The fourth-order valence-electron chi connectivity index (χ4n) is 5.21. The maximum atomic E-state index is 13.4. The number of aromatic nitrogens is 1. The van der Waals surface area contributed by atoms with Gasteiger partial charge in [-0.15, -0.1) is 0 Å². The van der Waals surface area contributed by atoms with Crippen molar-refractivity contribution in [3.05, 3.63) is 95.2 Å². The lowest BCUT2D eigenvalue weighted by Crippen LogP contribution is -2.37. The highest BCUT2D eigenvalue weighted by Crippen LogP contribution is 2.39. The summed E-state index contributed by atoms with van der Waals surface area (Å²) >= 11 is 0. The SMILES string of the molecule is O=C1Nc2cc(C(F)(F)F)ccc2/C1=C\c1cn(CC(=O)N2CCCc3ccccc32)c2ccccc12. The Hall–Kier alpha value is -4.33. The molecule has 0 saturated carbocycles. The van der Waals surface area contributed by atoms with E-state index in [1.165, 1.54) is 6.07 Å². The molecule has 2 amide bonds. The molecular formula is C29H22F3N3O2. The number of nitrogens with one attached hydrogen (secondary N) is 1. The number of nitrogens with zero attached hydrogens (tertiary/aromatic N) is 2. The van der Waals surface area contributed by atoms with Crippen molar-refractivity contribution >= 4 is 45.7 Å². The normalized spacial score (nSPS) is 16.1. The average molecular weight is 502 g/mol. The van der Waals surface area contributed by atoms with E-state index in [1.54, 1.807) is 6.08 Å². The molecule has 2 aliphatic heterocycles. The van der Waals surface area contributed by atoms with Crippen LogP contribution < -0.4 is 10.2 Å². The van der Waals surface area contributed by atoms with E-state index >= 15 is 0 Å². The highest BCUT2D eigenvalue weighted by molar-refractivity contribution is 6.35. The molecule has 3 heterocycles. The molecule has 0 radical (unpaired) electrons. The van der Waals surface area contributed by atoms with Crippen LogP contribution in [0, 0.1) is 0 Å². The third-order valence-electron chi connectivity index (χ3n) is 6.97. The Morgan fingerprint density at radius 1 is 1.03 bits per heavy atom. The van der Waals surface area contributed by atoms with Crippen LogP contribution in [0.5, 0.6) is 0 Å². The summed E-state index contributed by atoms with van der Waals surface area (Å²) in [4.78, 5) is 27.9. The van der Waals surface area contributed by atoms with E-state index in [2.05, 4.69) is 5.32 Å². The van der Waals surface area contributed by atoms with Crippen LogP contribution >= 0.6 is 0 Å². The van der Waals surface area contributed by atoms with Crippen LogP contribution in [0.3, 0.4) is 0 Å². The molecule has 186 valence electrons. The van der Waals surface area contributed by atoms with Crippen LogP contribution in [-0.2, 0) is 28.7 Å². The summed E-state index contributed by atoms with van der Waals surface area (Å²) < 4.78 is 41.3. The number of fused-ring (bicyclic) bond motifs is 3. The van der Waals surface area contributed by atoms with Crippen LogP contribution in [0.1, 0.15) is 28.7 Å². The molecule has 0 atom stereocenters. The monoisotopic (exact) mass is 501 g/mol. The summed E-state index contributed by atoms with van der Waals surface area (Å²) in [6.07, 6.45) is 0.838. The zero-order chi connectivity index (χ0) is 25.7. The largest absolute Gasteiger partial charge is 0.416 e. The lowest BCUT2D eigenvalue weighted by molar-refractivity contribution is -0.137. The molecule has 0 fully saturated rings. The number of carbonyl (C=O) groups is 2. The molecule has 6 rings (SSSR count). The van der Waals surface area contributed by atoms with Crippen molar-refractivity contribution in [1.82, 2.24) is 4.57 Å². The first kappa shape index (κ1) is 23.1. The lowest BCUT2D eigenvalue weighted by atomic mass is 10.0. The predicted molar refractivity (Wildman–Crippen MR) is 137 cm³/mol. The van der Waals surface area contributed by atoms with Gasteiger partial charge in [0, 0.05) is 51.7 Å². The van der Waals surface area contributed by atoms with Gasteiger partial charge in [0.15, 0.2) is 0 Å². The number of anilines is 2. The van der Waals surface area contributed by atoms with E-state index < -0.39 is 17.6 Å². The zero-order valence-corrected chi connectivity index (χ0v) is 19.7. The van der Waals surface area contributed by atoms with Gasteiger partial charge in [-0.3, -0.25) is 9.59 Å². The van der Waals surface area contributed by atoms with Crippen molar-refractivity contribution in [1.29, 1.82) is 0 Å². The molecular weight excluding hydrogens is 479 g/mol. The Kier molecular flexibility index (Phi) is 5.40. The Balaban J connectivity index is 1.36. The number of rotatable bonds is 3. The van der Waals surface area contributed by atoms with Gasteiger partial charge in [-0.2, -0.15) is 13.2 Å². The number of alkyl halides is 3. The van der Waals surface area contributed by atoms with Gasteiger partial charge in [-0.25, -0.2) is 0 Å². The molecule has 4 aromatic rings. The van der Waals surface area contributed by atoms with E-state index in [1.807, 2.05) is 64.2 Å². The van der Waals surface area contributed by atoms with Gasteiger partial charge in [-0.1, -0.05) is 42.5 Å². The minimum Gasteiger partial charge on any atom is -0.337 e. The summed E-state index contributed by atoms with van der Waals surface area (Å²) in [5.41, 5.74) is 3.65. The van der Waals surface area contributed by atoms with Gasteiger partial charge in [0.25, 0.3) is 5.91 Å². The maximum Gasteiger partial charge on any atom is 0.416 e. The second-order valence-electron chi connectivity index (χ2n) is 9.28. The summed E-state index contributed by atoms with van der Waals surface area (Å²) in [6, 6.07) is 18.7. The fraction of sp³-hybridized carbons (Fsp3) is 0.172. The van der Waals surface area contributed by atoms with E-state index in [0.29, 0.717) is 17.7 Å². The number of halogens is 3. The number of hydrogen-bond donors (Lipinski definition) is 1. The molecule has 1 N–H and O–H groups in total. The topological polar surface area (TPSA) is 54.3 Å². The van der Waals surface area contributed by atoms with Gasteiger partial charge in [0.2, 0.25) is 5.91 Å². The van der Waals surface area contributed by atoms with Crippen molar-refractivity contribution < 1.29 is 22.8 Å². The summed E-state index contributed by atoms with van der Waals surface area (Å²) in [5.74, 6) is -0.497. The van der Waals surface area contributed by atoms with Crippen molar-refractivity contribution in [2.75, 3.05) is 16.8 Å². The number of benzene rings is 3. The van der Waals surface area contributed by atoms with Gasteiger partial charge in [0.05, 0.1) is 5.56 Å². The predicted octanol–water partition coefficient (Wildman–Crippen LogP) is 6.13. The molecule has 1 aromatic heterocycles. The fourth-order valence-corrected chi connectivity index (χ4v) is 5.21. The van der Waals surface area contributed by atoms with Gasteiger partial charge in [-0.05, 0) is 48.7 Å². The van der Waals surface area contributed by atoms with E-state index in [9.17, 15) is 22.8 Å². The molecule has 8 heteroatoms. The number of para-hydroxylation sites is 2. The lowest BCUT2D eigenvalue weighted by Gasteiger charge is -2.29. The zero-order valence-electron chi connectivity index (χ0n) is 19.7. The van der Waals surface area contributed by atoms with E-state index in [-0.39, 0.29) is 23.7 Å². The Morgan fingerprint density at radius 3 is 2.65 bits per heavy atom. The maximum absolute atomic E-state index is 13.4. The van der Waals surface area contributed by atoms with Gasteiger partial charge < -0.3 is 14.8 Å². The molecule has 2 aliphatic rings. The highest BCUT2D eigenvalue weighted by Gasteiger charge is 2.33. The van der Waals surface area contributed by atoms with E-state index in [0.717, 1.165) is 47.1 Å². The van der Waals surface area contributed by atoms with Crippen molar-refractivity contribution in [3.8, 4) is 0 Å². The summed E-state index contributed by atoms with van der Waals surface area (Å²) in [6.45, 7) is 0.776. The summed E-state index contributed by atoms with van der Waals surface area (Å²) in [5, 5.41) is 3.39. The highest BCUT2D eigenvalue weighted by atomic mass is 19.4. The standard InChI is InChI=1S/C29H22F3N3O2/c30-29(31,32)20-11-12-22-23(28(37)33-24(22)15-20)14-19-16-34(26-10-4-2-8-21(19)26)17-27(36)35-13-5-7-18-6-1-3-9-25(18)35/h1-4,6,8-12,14-16H,5,7,13,17H2,(H,33,37)/b23-14+. The second-order valence-corrected chi connectivity index (χ2v) is 9.28. The Labute approximate surface area is 210 Å². The van der Waals surface area contributed by atoms with E-state index in [4.69, 9.17) is 0 Å². The van der Waals surface area contributed by atoms with Crippen molar-refractivity contribution in [2.45, 2.75) is 25.6 Å². The number of hydrogen-bond acceptors (Lipinski definition) is 2. The number of carbonyl (C=O) groups excluding carboxylic acids is 2. The molecule has 0 spiro atoms. The first-order valence-electron chi connectivity index (χ1n) is 12.0. The minimum absolute atomic E-state index is 0.0317. The first-order valence-corrected chi connectivity index (χ1v) is 12.0. The molecule has 0 saturated heterocycles. The third kappa shape index (κ3) is 4.08. The molecule has 0 aliphatic carbocycles. The molecule has 0 unspecified atom stereocenters. The van der Waals surface area contributed by atoms with Crippen LogP contribution in [0.15, 0.2) is 72.9 Å². The minimum atomic E-state index is -4.50. The quantitative estimate of drug-likeness (QED) is 0.343. The second kappa shape index (κ2) is 8.65. The van der Waals surface area contributed by atoms with Crippen molar-refractivity contribution in [3.63, 3.8) is 0 Å². The first-order chi connectivity index (χ1) is 17.8. The molecule has 5 nitrogen and oxygen atoms in total. The average Bonchev–Trinajstić information content (AvgIpc) is 3.39. The molecule has 3 aromatic carbocycles. The summed E-state index contributed by atoms with van der Waals surface area (Å²) in [7, 11) is 0. The number of aryl methyl sites for hydroxylation is 1. The van der Waals surface area contributed by atoms with Crippen LogP contribution in [0.2, 0.25) is 0 Å². The van der Waals surface area contributed by atoms with Gasteiger partial charge in [0.1, 0.15) is 6.54 Å². The number of amides is 2. The smallest absolute Gasteiger partial charge is 0.337 e. The Bertz CT molecular complexity index is 1600. The molecule has 0 bridgehead atoms. The van der Waals surface area contributed by atoms with Crippen LogP contribution in [-0.4, -0.2) is 22.9 Å². The van der Waals surface area contributed by atoms with Crippen LogP contribution in [0.25, 0.3) is 22.6 Å². The Morgan fingerprint density at radius 2 is 1.81 bits per heavy atom. The van der Waals surface area contributed by atoms with Gasteiger partial charge >= 0.3 is 6.18 Å². The van der Waals surface area contributed by atoms with Crippen molar-refractivity contribution in [2.24, 2.45) is 0 Å². The molecule has 37 heavy (non-hydrogen) atoms. The van der Waals surface area contributed by atoms with Crippen LogP contribution in [0.4, 0.5) is 24.5 Å².